The van der Waals surface area contributed by atoms with Crippen LogP contribution in [0, 0.1) is 0 Å². The molecule has 0 saturated carbocycles. The van der Waals surface area contributed by atoms with E-state index in [1.54, 1.807) is 22.1 Å². The molecule has 1 aromatic carbocycles. The smallest absolute Gasteiger partial charge is 0.307 e. The van der Waals surface area contributed by atoms with E-state index in [0.29, 0.717) is 16.3 Å². The standard InChI is InChI=1S/C19H13ClN2O2S2/c20-13-5-1-2-6-14(13)22-19(16-8-4-10-26-16)12(11-17(23)24)18(21-22)15-7-3-9-25-15/h1-10H,11H2,(H,23,24). The average Bonchev–Trinajstić information content (AvgIpc) is 3.35. The number of carboxylic acid groups (broad SMARTS) is 1. The van der Waals surface area contributed by atoms with E-state index in [0.717, 1.165) is 21.1 Å². The van der Waals surface area contributed by atoms with Crippen molar-refractivity contribution in [3.05, 3.63) is 69.9 Å². The molecular formula is C19H13ClN2O2S2. The highest BCUT2D eigenvalue weighted by Gasteiger charge is 2.25. The van der Waals surface area contributed by atoms with Crippen LogP contribution in [0.4, 0.5) is 0 Å². The first-order valence-corrected chi connectivity index (χ1v) is 9.95. The molecule has 0 saturated heterocycles. The predicted octanol–water partition coefficient (Wildman–Crippen LogP) is 5.61. The van der Waals surface area contributed by atoms with Gasteiger partial charge in [-0.05, 0) is 35.0 Å². The van der Waals surface area contributed by atoms with Gasteiger partial charge in [0.1, 0.15) is 5.69 Å². The quantitative estimate of drug-likeness (QED) is 0.473. The highest BCUT2D eigenvalue weighted by Crippen LogP contribution is 2.39. The first-order chi connectivity index (χ1) is 12.6. The van der Waals surface area contributed by atoms with Gasteiger partial charge >= 0.3 is 5.97 Å². The van der Waals surface area contributed by atoms with Crippen LogP contribution < -0.4 is 0 Å². The van der Waals surface area contributed by atoms with Crippen LogP contribution in [0.5, 0.6) is 0 Å². The van der Waals surface area contributed by atoms with Crippen LogP contribution in [0.25, 0.3) is 26.8 Å². The maximum Gasteiger partial charge on any atom is 0.307 e. The van der Waals surface area contributed by atoms with E-state index in [2.05, 4.69) is 0 Å². The Morgan fingerprint density at radius 2 is 1.73 bits per heavy atom. The predicted molar refractivity (Wildman–Crippen MR) is 107 cm³/mol. The van der Waals surface area contributed by atoms with Gasteiger partial charge in [0, 0.05) is 5.56 Å². The lowest BCUT2D eigenvalue weighted by Crippen LogP contribution is -2.03. The Balaban J connectivity index is 2.05. The van der Waals surface area contributed by atoms with E-state index < -0.39 is 5.97 Å². The van der Waals surface area contributed by atoms with E-state index >= 15 is 0 Å². The zero-order valence-corrected chi connectivity index (χ0v) is 15.8. The molecule has 3 heterocycles. The lowest BCUT2D eigenvalue weighted by Gasteiger charge is -2.09. The summed E-state index contributed by atoms with van der Waals surface area (Å²) in [6, 6.07) is 15.2. The number of rotatable bonds is 5. The second kappa shape index (κ2) is 7.07. The van der Waals surface area contributed by atoms with Gasteiger partial charge in [-0.2, -0.15) is 5.10 Å². The molecule has 4 aromatic rings. The zero-order chi connectivity index (χ0) is 18.1. The molecule has 4 nitrogen and oxygen atoms in total. The summed E-state index contributed by atoms with van der Waals surface area (Å²) in [5.74, 6) is -0.890. The minimum absolute atomic E-state index is 0.106. The van der Waals surface area contributed by atoms with Gasteiger partial charge in [-0.3, -0.25) is 4.79 Å². The second-order valence-electron chi connectivity index (χ2n) is 5.56. The number of carboxylic acids is 1. The number of aliphatic carboxylic acids is 1. The Labute approximate surface area is 162 Å². The molecule has 1 N–H and O–H groups in total. The van der Waals surface area contributed by atoms with Gasteiger partial charge in [0.05, 0.1) is 32.6 Å². The Kier molecular flexibility index (Phi) is 4.63. The minimum atomic E-state index is -0.890. The molecular weight excluding hydrogens is 388 g/mol. The molecule has 0 unspecified atom stereocenters. The molecule has 0 amide bonds. The van der Waals surface area contributed by atoms with Crippen LogP contribution in [0.1, 0.15) is 5.56 Å². The topological polar surface area (TPSA) is 55.1 Å². The maximum absolute atomic E-state index is 11.6. The van der Waals surface area contributed by atoms with Crippen molar-refractivity contribution in [3.8, 4) is 26.8 Å². The molecule has 7 heteroatoms. The number of thiophene rings is 2. The van der Waals surface area contributed by atoms with Crippen LogP contribution in [-0.4, -0.2) is 20.9 Å². The molecule has 0 aliphatic carbocycles. The number of aromatic nitrogens is 2. The van der Waals surface area contributed by atoms with E-state index in [4.69, 9.17) is 16.7 Å². The van der Waals surface area contributed by atoms with Crippen molar-refractivity contribution in [2.45, 2.75) is 6.42 Å². The third kappa shape index (κ3) is 3.07. The third-order valence-corrected chi connectivity index (χ3v) is 5.97. The summed E-state index contributed by atoms with van der Waals surface area (Å²) in [6.45, 7) is 0. The Morgan fingerprint density at radius 3 is 2.35 bits per heavy atom. The number of para-hydroxylation sites is 1. The first kappa shape index (κ1) is 17.0. The van der Waals surface area contributed by atoms with Crippen molar-refractivity contribution in [3.63, 3.8) is 0 Å². The van der Waals surface area contributed by atoms with Gasteiger partial charge in [0.25, 0.3) is 0 Å². The van der Waals surface area contributed by atoms with Gasteiger partial charge in [-0.25, -0.2) is 4.68 Å². The van der Waals surface area contributed by atoms with E-state index in [1.165, 1.54) is 11.3 Å². The molecule has 4 rings (SSSR count). The normalized spacial score (nSPS) is 11.0. The largest absolute Gasteiger partial charge is 0.481 e. The van der Waals surface area contributed by atoms with Crippen molar-refractivity contribution in [1.82, 2.24) is 9.78 Å². The van der Waals surface area contributed by atoms with Crippen molar-refractivity contribution >= 4 is 40.2 Å². The van der Waals surface area contributed by atoms with Crippen LogP contribution in [0.15, 0.2) is 59.3 Å². The van der Waals surface area contributed by atoms with Crippen LogP contribution in [0.3, 0.4) is 0 Å². The number of carbonyl (C=O) groups is 1. The molecule has 0 atom stereocenters. The van der Waals surface area contributed by atoms with Crippen molar-refractivity contribution in [2.75, 3.05) is 0 Å². The number of nitrogens with zero attached hydrogens (tertiary/aromatic N) is 2. The van der Waals surface area contributed by atoms with E-state index in [1.807, 2.05) is 53.2 Å². The summed E-state index contributed by atoms with van der Waals surface area (Å²) in [5, 5.41) is 18.8. The summed E-state index contributed by atoms with van der Waals surface area (Å²) in [4.78, 5) is 13.5. The number of hydrogen-bond acceptors (Lipinski definition) is 4. The van der Waals surface area contributed by atoms with Crippen molar-refractivity contribution in [2.24, 2.45) is 0 Å². The van der Waals surface area contributed by atoms with E-state index in [9.17, 15) is 9.90 Å². The van der Waals surface area contributed by atoms with Crippen LogP contribution in [-0.2, 0) is 11.2 Å². The Bertz CT molecular complexity index is 1050. The lowest BCUT2D eigenvalue weighted by atomic mass is 10.1. The molecule has 26 heavy (non-hydrogen) atoms. The third-order valence-electron chi connectivity index (χ3n) is 3.90. The SMILES string of the molecule is O=C(O)Cc1c(-c2cccs2)nn(-c2ccccc2Cl)c1-c1cccs1. The molecule has 0 aliphatic rings. The Morgan fingerprint density at radius 1 is 1.04 bits per heavy atom. The van der Waals surface area contributed by atoms with Gasteiger partial charge in [0.2, 0.25) is 0 Å². The fourth-order valence-corrected chi connectivity index (χ4v) is 4.58. The molecule has 0 aliphatic heterocycles. The molecule has 130 valence electrons. The average molecular weight is 401 g/mol. The minimum Gasteiger partial charge on any atom is -0.481 e. The summed E-state index contributed by atoms with van der Waals surface area (Å²) in [7, 11) is 0. The molecule has 3 aromatic heterocycles. The highest BCUT2D eigenvalue weighted by atomic mass is 35.5. The van der Waals surface area contributed by atoms with Gasteiger partial charge in [0.15, 0.2) is 0 Å². The van der Waals surface area contributed by atoms with Gasteiger partial charge in [-0.1, -0.05) is 35.9 Å². The fraction of sp³-hybridized carbons (Fsp3) is 0.0526. The first-order valence-electron chi connectivity index (χ1n) is 7.81. The van der Waals surface area contributed by atoms with Crippen LogP contribution in [0.2, 0.25) is 5.02 Å². The molecule has 0 bridgehead atoms. The second-order valence-corrected chi connectivity index (χ2v) is 7.87. The van der Waals surface area contributed by atoms with Crippen molar-refractivity contribution in [1.29, 1.82) is 0 Å². The zero-order valence-electron chi connectivity index (χ0n) is 13.4. The van der Waals surface area contributed by atoms with Crippen molar-refractivity contribution < 1.29 is 9.90 Å². The summed E-state index contributed by atoms with van der Waals surface area (Å²) >= 11 is 9.50. The summed E-state index contributed by atoms with van der Waals surface area (Å²) in [5.41, 5.74) is 2.89. The summed E-state index contributed by atoms with van der Waals surface area (Å²) in [6.07, 6.45) is -0.106. The number of hydrogen-bond donors (Lipinski definition) is 1. The summed E-state index contributed by atoms with van der Waals surface area (Å²) < 4.78 is 1.77. The Hall–Kier alpha value is -2.41. The van der Waals surface area contributed by atoms with Gasteiger partial charge < -0.3 is 5.11 Å². The monoisotopic (exact) mass is 400 g/mol. The highest BCUT2D eigenvalue weighted by molar-refractivity contribution is 7.14. The van der Waals surface area contributed by atoms with Crippen LogP contribution >= 0.6 is 34.3 Å². The fourth-order valence-electron chi connectivity index (χ4n) is 2.84. The number of halogens is 1. The molecule has 0 spiro atoms. The lowest BCUT2D eigenvalue weighted by molar-refractivity contribution is -0.136. The molecule has 0 fully saturated rings. The maximum atomic E-state index is 11.6. The van der Waals surface area contributed by atoms with Gasteiger partial charge in [-0.15, -0.1) is 22.7 Å². The number of benzene rings is 1. The van der Waals surface area contributed by atoms with E-state index in [-0.39, 0.29) is 6.42 Å². The molecule has 0 radical (unpaired) electrons.